The Morgan fingerprint density at radius 3 is 2.96 bits per heavy atom. The van der Waals surface area contributed by atoms with Gasteiger partial charge in [0.05, 0.1) is 0 Å². The maximum absolute atomic E-state index is 12.7. The van der Waals surface area contributed by atoms with Gasteiger partial charge in [-0.15, -0.1) is 0 Å². The molecule has 130 valence electrons. The van der Waals surface area contributed by atoms with E-state index in [1.807, 2.05) is 0 Å². The highest BCUT2D eigenvalue weighted by molar-refractivity contribution is 5.90. The number of fused-ring (bicyclic) bond motifs is 1. The predicted molar refractivity (Wildman–Crippen MR) is 86.5 cm³/mol. The third-order valence-electron chi connectivity index (χ3n) is 4.82. The number of likely N-dealkylation sites (tertiary alicyclic amines) is 1. The summed E-state index contributed by atoms with van der Waals surface area (Å²) >= 11 is 0. The van der Waals surface area contributed by atoms with E-state index in [-0.39, 0.29) is 18.9 Å². The smallest absolute Gasteiger partial charge is 0.322 e. The number of amides is 2. The first-order valence-electron chi connectivity index (χ1n) is 8.59. The zero-order valence-corrected chi connectivity index (χ0v) is 13.6. The topological polar surface area (TPSA) is 89.7 Å². The highest BCUT2D eigenvalue weighted by Crippen LogP contribution is 2.40. The van der Waals surface area contributed by atoms with Gasteiger partial charge in [0.1, 0.15) is 6.04 Å². The van der Waals surface area contributed by atoms with Crippen molar-refractivity contribution in [2.45, 2.75) is 37.6 Å². The quantitative estimate of drug-likeness (QED) is 0.922. The van der Waals surface area contributed by atoms with Gasteiger partial charge >= 0.3 is 6.03 Å². The largest absolute Gasteiger partial charge is 0.454 e. The number of ether oxygens (including phenoxy) is 2. The number of urea groups is 1. The van der Waals surface area contributed by atoms with Crippen LogP contribution in [0.25, 0.3) is 0 Å². The second-order valence-electron chi connectivity index (χ2n) is 6.61. The van der Waals surface area contributed by atoms with Crippen LogP contribution in [-0.4, -0.2) is 34.4 Å². The van der Waals surface area contributed by atoms with E-state index in [0.717, 1.165) is 31.5 Å². The van der Waals surface area contributed by atoms with Crippen LogP contribution in [0.1, 0.15) is 49.4 Å². The normalized spacial score (nSPS) is 21.6. The molecule has 0 radical (unpaired) electrons. The van der Waals surface area contributed by atoms with Gasteiger partial charge in [0.2, 0.25) is 12.7 Å². The minimum atomic E-state index is -0.174. The minimum absolute atomic E-state index is 0.158. The number of nitrogens with one attached hydrogen (secondary N) is 1. The maximum Gasteiger partial charge on any atom is 0.322 e. The number of anilines is 1. The van der Waals surface area contributed by atoms with E-state index in [1.165, 1.54) is 0 Å². The first kappa shape index (κ1) is 14.6. The molecule has 2 aromatic rings. The molecule has 3 aliphatic rings. The molecule has 2 aliphatic heterocycles. The lowest BCUT2D eigenvalue weighted by Gasteiger charge is -2.22. The fourth-order valence-corrected chi connectivity index (χ4v) is 3.33. The molecule has 1 N–H and O–H groups in total. The Bertz CT molecular complexity index is 817. The van der Waals surface area contributed by atoms with E-state index >= 15 is 0 Å². The molecule has 8 nitrogen and oxygen atoms in total. The maximum atomic E-state index is 12.7. The summed E-state index contributed by atoms with van der Waals surface area (Å²) in [5, 5.41) is 6.98. The number of benzene rings is 1. The molecule has 2 fully saturated rings. The summed E-state index contributed by atoms with van der Waals surface area (Å²) < 4.78 is 16.1. The Hall–Kier alpha value is -2.77. The number of rotatable bonds is 3. The standard InChI is InChI=1S/C17H18N4O4/c22-17(18-11-5-6-13-14(8-11)24-9-23-13)21-7-1-2-12(21)16-19-15(20-25-16)10-3-4-10/h5-6,8,10,12H,1-4,7,9H2,(H,18,22). The van der Waals surface area contributed by atoms with Gasteiger partial charge in [-0.3, -0.25) is 0 Å². The SMILES string of the molecule is O=C(Nc1ccc2c(c1)OCO2)N1CCCC1c1nc(C2CC2)no1. The molecule has 0 bridgehead atoms. The minimum Gasteiger partial charge on any atom is -0.454 e. The summed E-state index contributed by atoms with van der Waals surface area (Å²) in [6, 6.07) is 5.03. The Kier molecular flexibility index (Phi) is 3.29. The zero-order chi connectivity index (χ0) is 16.8. The Morgan fingerprint density at radius 2 is 2.08 bits per heavy atom. The molecule has 8 heteroatoms. The Labute approximate surface area is 144 Å². The van der Waals surface area contributed by atoms with Crippen LogP contribution >= 0.6 is 0 Å². The predicted octanol–water partition coefficient (Wildman–Crippen LogP) is 3.04. The monoisotopic (exact) mass is 342 g/mol. The molecule has 1 aromatic heterocycles. The number of hydrogen-bond acceptors (Lipinski definition) is 6. The lowest BCUT2D eigenvalue weighted by molar-refractivity contribution is 0.174. The van der Waals surface area contributed by atoms with Gasteiger partial charge in [0, 0.05) is 24.2 Å². The molecular formula is C17H18N4O4. The number of nitrogens with zero attached hydrogens (tertiary/aromatic N) is 3. The molecule has 5 rings (SSSR count). The van der Waals surface area contributed by atoms with Crippen LogP contribution in [0, 0.1) is 0 Å². The second kappa shape index (κ2) is 5.65. The van der Waals surface area contributed by atoms with Crippen LogP contribution in [-0.2, 0) is 0 Å². The van der Waals surface area contributed by atoms with Gasteiger partial charge < -0.3 is 24.2 Å². The van der Waals surface area contributed by atoms with Gasteiger partial charge in [-0.25, -0.2) is 4.79 Å². The van der Waals surface area contributed by atoms with Crippen LogP contribution in [0.2, 0.25) is 0 Å². The van der Waals surface area contributed by atoms with E-state index in [2.05, 4.69) is 15.5 Å². The van der Waals surface area contributed by atoms with E-state index in [1.54, 1.807) is 23.1 Å². The van der Waals surface area contributed by atoms with Crippen molar-refractivity contribution in [1.29, 1.82) is 0 Å². The number of hydrogen-bond donors (Lipinski definition) is 1. The molecule has 1 atom stereocenters. The molecule has 1 saturated heterocycles. The fraction of sp³-hybridized carbons (Fsp3) is 0.471. The molecule has 1 aliphatic carbocycles. The highest BCUT2D eigenvalue weighted by atomic mass is 16.7. The molecule has 25 heavy (non-hydrogen) atoms. The van der Waals surface area contributed by atoms with Crippen molar-refractivity contribution in [2.24, 2.45) is 0 Å². The average Bonchev–Trinajstić information content (AvgIpc) is 3.06. The third kappa shape index (κ3) is 2.67. The van der Waals surface area contributed by atoms with Crippen LogP contribution in [0.5, 0.6) is 11.5 Å². The number of aromatic nitrogens is 2. The van der Waals surface area contributed by atoms with Crippen molar-refractivity contribution in [2.75, 3.05) is 18.7 Å². The van der Waals surface area contributed by atoms with E-state index in [0.29, 0.717) is 35.5 Å². The van der Waals surface area contributed by atoms with Gasteiger partial charge in [-0.05, 0) is 37.8 Å². The first-order valence-corrected chi connectivity index (χ1v) is 8.59. The summed E-state index contributed by atoms with van der Waals surface area (Å²) in [4.78, 5) is 19.0. The van der Waals surface area contributed by atoms with Crippen LogP contribution in [0.15, 0.2) is 22.7 Å². The van der Waals surface area contributed by atoms with E-state index < -0.39 is 0 Å². The summed E-state index contributed by atoms with van der Waals surface area (Å²) in [6.45, 7) is 0.879. The molecule has 0 spiro atoms. The molecular weight excluding hydrogens is 324 g/mol. The highest BCUT2D eigenvalue weighted by Gasteiger charge is 2.36. The van der Waals surface area contributed by atoms with Crippen molar-refractivity contribution in [3.8, 4) is 11.5 Å². The molecule has 2 amide bonds. The lowest BCUT2D eigenvalue weighted by Crippen LogP contribution is -2.34. The summed E-state index contributed by atoms with van der Waals surface area (Å²) in [5.41, 5.74) is 0.670. The van der Waals surface area contributed by atoms with Crippen molar-refractivity contribution >= 4 is 11.7 Å². The van der Waals surface area contributed by atoms with Crippen molar-refractivity contribution in [3.05, 3.63) is 29.9 Å². The van der Waals surface area contributed by atoms with Gasteiger partial charge in [-0.2, -0.15) is 4.98 Å². The molecule has 1 aromatic carbocycles. The second-order valence-corrected chi connectivity index (χ2v) is 6.61. The summed E-state index contributed by atoms with van der Waals surface area (Å²) in [6.07, 6.45) is 4.00. The van der Waals surface area contributed by atoms with Gasteiger partial charge in [0.25, 0.3) is 0 Å². The van der Waals surface area contributed by atoms with Crippen molar-refractivity contribution in [3.63, 3.8) is 0 Å². The summed E-state index contributed by atoms with van der Waals surface area (Å²) in [5.74, 6) is 3.09. The van der Waals surface area contributed by atoms with Crippen LogP contribution in [0.4, 0.5) is 10.5 Å². The Morgan fingerprint density at radius 1 is 1.20 bits per heavy atom. The zero-order valence-electron chi connectivity index (χ0n) is 13.6. The number of carbonyl (C=O) groups excluding carboxylic acids is 1. The lowest BCUT2D eigenvalue weighted by atomic mass is 10.2. The van der Waals surface area contributed by atoms with Crippen molar-refractivity contribution in [1.82, 2.24) is 15.0 Å². The van der Waals surface area contributed by atoms with Gasteiger partial charge in [-0.1, -0.05) is 5.16 Å². The fourth-order valence-electron chi connectivity index (χ4n) is 3.33. The first-order chi connectivity index (χ1) is 12.3. The van der Waals surface area contributed by atoms with E-state index in [9.17, 15) is 4.79 Å². The molecule has 1 unspecified atom stereocenters. The Balaban J connectivity index is 1.31. The average molecular weight is 342 g/mol. The van der Waals surface area contributed by atoms with E-state index in [4.69, 9.17) is 14.0 Å². The van der Waals surface area contributed by atoms with Crippen LogP contribution < -0.4 is 14.8 Å². The van der Waals surface area contributed by atoms with Gasteiger partial charge in [0.15, 0.2) is 17.3 Å². The molecule has 1 saturated carbocycles. The van der Waals surface area contributed by atoms with Crippen LogP contribution in [0.3, 0.4) is 0 Å². The summed E-state index contributed by atoms with van der Waals surface area (Å²) in [7, 11) is 0. The third-order valence-corrected chi connectivity index (χ3v) is 4.82. The molecule has 3 heterocycles. The number of carbonyl (C=O) groups is 1. The van der Waals surface area contributed by atoms with Crippen molar-refractivity contribution < 1.29 is 18.8 Å².